The lowest BCUT2D eigenvalue weighted by Crippen LogP contribution is -2.12. The van der Waals surface area contributed by atoms with Crippen LogP contribution in [0.15, 0.2) is 23.0 Å². The minimum absolute atomic E-state index is 0.165. The van der Waals surface area contributed by atoms with E-state index in [0.717, 1.165) is 5.56 Å². The molecule has 2 rings (SSSR count). The minimum atomic E-state index is -0.165. The van der Waals surface area contributed by atoms with Crippen LogP contribution in [0.5, 0.6) is 5.75 Å². The van der Waals surface area contributed by atoms with Crippen LogP contribution in [0.1, 0.15) is 5.56 Å². The van der Waals surface area contributed by atoms with Crippen molar-refractivity contribution in [2.75, 3.05) is 13.7 Å². The zero-order chi connectivity index (χ0) is 13.1. The number of benzene rings is 1. The van der Waals surface area contributed by atoms with Gasteiger partial charge in [-0.2, -0.15) is 0 Å². The maximum Gasteiger partial charge on any atom is 0.267 e. The van der Waals surface area contributed by atoms with Crippen LogP contribution in [0, 0.1) is 0 Å². The molecule has 0 spiro atoms. The molecule has 18 heavy (non-hydrogen) atoms. The van der Waals surface area contributed by atoms with E-state index in [1.54, 1.807) is 25.3 Å². The lowest BCUT2D eigenvalue weighted by molar-refractivity contribution is 0.415. The molecule has 0 radical (unpaired) electrons. The first kappa shape index (κ1) is 12.7. The van der Waals surface area contributed by atoms with Crippen LogP contribution in [0.2, 0.25) is 5.02 Å². The molecule has 0 aliphatic carbocycles. The van der Waals surface area contributed by atoms with Crippen LogP contribution in [0.25, 0.3) is 11.3 Å². The Balaban J connectivity index is 2.52. The van der Waals surface area contributed by atoms with Crippen LogP contribution in [0.3, 0.4) is 0 Å². The first-order valence-corrected chi connectivity index (χ1v) is 5.88. The van der Waals surface area contributed by atoms with E-state index in [2.05, 4.69) is 10.2 Å². The number of hydrogen-bond donors (Lipinski definition) is 3. The molecule has 1 aromatic carbocycles. The second-order valence-electron chi connectivity index (χ2n) is 3.82. The third-order valence-corrected chi connectivity index (χ3v) is 3.03. The van der Waals surface area contributed by atoms with E-state index in [0.29, 0.717) is 35.0 Å². The van der Waals surface area contributed by atoms with Crippen LogP contribution < -0.4 is 16.0 Å². The topological polar surface area (TPSA) is 83.9 Å². The maximum absolute atomic E-state index is 11.6. The number of nitrogens with one attached hydrogen (secondary N) is 2. The smallest absolute Gasteiger partial charge is 0.267 e. The van der Waals surface area contributed by atoms with Gasteiger partial charge in [-0.15, -0.1) is 0 Å². The Morgan fingerprint density at radius 3 is 2.78 bits per heavy atom. The monoisotopic (exact) mass is 267 g/mol. The highest BCUT2D eigenvalue weighted by Gasteiger charge is 2.14. The van der Waals surface area contributed by atoms with Gasteiger partial charge in [-0.1, -0.05) is 11.6 Å². The van der Waals surface area contributed by atoms with Gasteiger partial charge in [-0.05, 0) is 31.2 Å². The van der Waals surface area contributed by atoms with E-state index in [1.165, 1.54) is 0 Å². The highest BCUT2D eigenvalue weighted by molar-refractivity contribution is 6.33. The van der Waals surface area contributed by atoms with Crippen molar-refractivity contribution in [1.29, 1.82) is 0 Å². The fourth-order valence-corrected chi connectivity index (χ4v) is 2.09. The minimum Gasteiger partial charge on any atom is -0.497 e. The molecule has 0 bridgehead atoms. The average Bonchev–Trinajstić information content (AvgIpc) is 2.72. The summed E-state index contributed by atoms with van der Waals surface area (Å²) < 4.78 is 5.08. The Morgan fingerprint density at radius 2 is 2.17 bits per heavy atom. The lowest BCUT2D eigenvalue weighted by atomic mass is 10.1. The van der Waals surface area contributed by atoms with Gasteiger partial charge in [-0.3, -0.25) is 15.0 Å². The Labute approximate surface area is 109 Å². The molecule has 0 saturated heterocycles. The number of aromatic amines is 2. The predicted octanol–water partition coefficient (Wildman–Crippen LogP) is 1.53. The number of H-pyrrole nitrogens is 2. The highest BCUT2D eigenvalue weighted by atomic mass is 35.5. The van der Waals surface area contributed by atoms with Gasteiger partial charge < -0.3 is 10.5 Å². The van der Waals surface area contributed by atoms with E-state index >= 15 is 0 Å². The molecular formula is C12H14ClN3O2. The average molecular weight is 268 g/mol. The number of nitrogens with two attached hydrogens (primary N) is 1. The zero-order valence-electron chi connectivity index (χ0n) is 9.92. The molecule has 0 fully saturated rings. The highest BCUT2D eigenvalue weighted by Crippen LogP contribution is 2.30. The van der Waals surface area contributed by atoms with Crippen molar-refractivity contribution in [3.63, 3.8) is 0 Å². The Morgan fingerprint density at radius 1 is 1.39 bits per heavy atom. The van der Waals surface area contributed by atoms with Gasteiger partial charge in [0.05, 0.1) is 17.8 Å². The first-order valence-electron chi connectivity index (χ1n) is 5.51. The molecule has 0 saturated carbocycles. The molecule has 1 aromatic heterocycles. The normalized spacial score (nSPS) is 10.6. The lowest BCUT2D eigenvalue weighted by Gasteiger charge is -2.06. The SMILES string of the molecule is COc1ccc(-c2[nH][nH]c(=O)c2CCN)c(Cl)c1. The summed E-state index contributed by atoms with van der Waals surface area (Å²) in [5, 5.41) is 5.90. The third-order valence-electron chi connectivity index (χ3n) is 2.72. The zero-order valence-corrected chi connectivity index (χ0v) is 10.7. The fraction of sp³-hybridized carbons (Fsp3) is 0.250. The molecule has 0 amide bonds. The second kappa shape index (κ2) is 5.29. The largest absolute Gasteiger partial charge is 0.497 e. The summed E-state index contributed by atoms with van der Waals surface area (Å²) in [5.74, 6) is 0.669. The molecule has 2 aromatic rings. The molecule has 1 heterocycles. The summed E-state index contributed by atoms with van der Waals surface area (Å²) in [5.41, 5.74) is 7.38. The van der Waals surface area contributed by atoms with Crippen molar-refractivity contribution in [3.8, 4) is 17.0 Å². The maximum atomic E-state index is 11.6. The Bertz CT molecular complexity index is 604. The number of rotatable bonds is 4. The number of aromatic nitrogens is 2. The predicted molar refractivity (Wildman–Crippen MR) is 71.2 cm³/mol. The van der Waals surface area contributed by atoms with Crippen LogP contribution in [-0.2, 0) is 6.42 Å². The summed E-state index contributed by atoms with van der Waals surface area (Å²) in [6, 6.07) is 5.30. The van der Waals surface area contributed by atoms with Crippen LogP contribution in [-0.4, -0.2) is 23.9 Å². The standard InChI is InChI=1S/C12H14ClN3O2/c1-18-7-2-3-8(10(13)6-7)11-9(4-5-14)12(17)16-15-11/h2-3,6H,4-5,14H2,1H3,(H2,15,16,17). The van der Waals surface area contributed by atoms with Gasteiger partial charge in [0.2, 0.25) is 0 Å². The molecular weight excluding hydrogens is 254 g/mol. The van der Waals surface area contributed by atoms with Gasteiger partial charge >= 0.3 is 0 Å². The molecule has 96 valence electrons. The molecule has 6 heteroatoms. The van der Waals surface area contributed by atoms with Crippen molar-refractivity contribution < 1.29 is 4.74 Å². The van der Waals surface area contributed by atoms with Crippen LogP contribution >= 0.6 is 11.6 Å². The third kappa shape index (κ3) is 2.27. The summed E-state index contributed by atoms with van der Waals surface area (Å²) in [4.78, 5) is 11.6. The number of methoxy groups -OCH3 is 1. The number of hydrogen-bond acceptors (Lipinski definition) is 3. The summed E-state index contributed by atoms with van der Waals surface area (Å²) >= 11 is 6.18. The summed E-state index contributed by atoms with van der Waals surface area (Å²) in [7, 11) is 1.57. The first-order chi connectivity index (χ1) is 8.67. The van der Waals surface area contributed by atoms with Crippen molar-refractivity contribution in [2.24, 2.45) is 5.73 Å². The van der Waals surface area contributed by atoms with Gasteiger partial charge in [0.15, 0.2) is 0 Å². The quantitative estimate of drug-likeness (QED) is 0.785. The van der Waals surface area contributed by atoms with Crippen molar-refractivity contribution in [1.82, 2.24) is 10.2 Å². The van der Waals surface area contributed by atoms with Crippen molar-refractivity contribution in [2.45, 2.75) is 6.42 Å². The second-order valence-corrected chi connectivity index (χ2v) is 4.22. The van der Waals surface area contributed by atoms with E-state index in [1.807, 2.05) is 0 Å². The number of halogens is 1. The van der Waals surface area contributed by atoms with Gasteiger partial charge in [-0.25, -0.2) is 0 Å². The Kier molecular flexibility index (Phi) is 3.74. The van der Waals surface area contributed by atoms with Crippen LogP contribution in [0.4, 0.5) is 0 Å². The molecule has 0 atom stereocenters. The van der Waals surface area contributed by atoms with E-state index < -0.39 is 0 Å². The molecule has 0 aliphatic rings. The van der Waals surface area contributed by atoms with Crippen molar-refractivity contribution >= 4 is 11.6 Å². The van der Waals surface area contributed by atoms with E-state index in [9.17, 15) is 4.79 Å². The van der Waals surface area contributed by atoms with Gasteiger partial charge in [0.25, 0.3) is 5.56 Å². The van der Waals surface area contributed by atoms with E-state index in [-0.39, 0.29) is 5.56 Å². The molecule has 5 nitrogen and oxygen atoms in total. The summed E-state index contributed by atoms with van der Waals surface area (Å²) in [6.07, 6.45) is 0.497. The van der Waals surface area contributed by atoms with Gasteiger partial charge in [0, 0.05) is 11.1 Å². The number of ether oxygens (including phenoxy) is 1. The molecule has 0 unspecified atom stereocenters. The van der Waals surface area contributed by atoms with Crippen molar-refractivity contribution in [3.05, 3.63) is 39.1 Å². The molecule has 4 N–H and O–H groups in total. The Hall–Kier alpha value is -1.72. The van der Waals surface area contributed by atoms with E-state index in [4.69, 9.17) is 22.1 Å². The van der Waals surface area contributed by atoms with Gasteiger partial charge in [0.1, 0.15) is 5.75 Å². The summed E-state index contributed by atoms with van der Waals surface area (Å²) in [6.45, 7) is 0.404. The molecule has 0 aliphatic heterocycles. The fourth-order valence-electron chi connectivity index (χ4n) is 1.82.